The van der Waals surface area contributed by atoms with Gasteiger partial charge in [-0.2, -0.15) is 0 Å². The van der Waals surface area contributed by atoms with Crippen LogP contribution in [0.1, 0.15) is 10.4 Å². The Balaban J connectivity index is 2.40. The molecule has 7 nitrogen and oxygen atoms in total. The third-order valence-corrected chi connectivity index (χ3v) is 4.07. The molecular weight excluding hydrogens is 294 g/mol. The lowest BCUT2D eigenvalue weighted by Crippen LogP contribution is -2.22. The molecule has 0 unspecified atom stereocenters. The minimum absolute atomic E-state index is 0.103. The van der Waals surface area contributed by atoms with Crippen molar-refractivity contribution in [1.29, 1.82) is 0 Å². The summed E-state index contributed by atoms with van der Waals surface area (Å²) in [6.45, 7) is 0. The summed E-state index contributed by atoms with van der Waals surface area (Å²) in [5.41, 5.74) is -0.0456. The number of rotatable bonds is 4. The smallest absolute Gasteiger partial charge is 0.263 e. The maximum atomic E-state index is 12.2. The van der Waals surface area contributed by atoms with Crippen LogP contribution in [-0.4, -0.2) is 26.4 Å². The van der Waals surface area contributed by atoms with E-state index in [1.807, 2.05) is 0 Å². The summed E-state index contributed by atoms with van der Waals surface area (Å²) >= 11 is 0. The third kappa shape index (κ3) is 3.29. The molecule has 21 heavy (non-hydrogen) atoms. The first kappa shape index (κ1) is 14.8. The average Bonchev–Trinajstić information content (AvgIpc) is 2.47. The second-order valence-corrected chi connectivity index (χ2v) is 5.80. The number of para-hydroxylation sites is 1. The van der Waals surface area contributed by atoms with Crippen LogP contribution in [0.15, 0.2) is 52.3 Å². The van der Waals surface area contributed by atoms with Gasteiger partial charge in [0.1, 0.15) is 4.90 Å². The molecule has 1 aromatic carbocycles. The van der Waals surface area contributed by atoms with Gasteiger partial charge in [0.25, 0.3) is 15.9 Å². The van der Waals surface area contributed by atoms with E-state index in [-0.39, 0.29) is 16.1 Å². The number of pyridine rings is 1. The molecule has 0 spiro atoms. The number of amides is 1. The molecule has 0 fully saturated rings. The Morgan fingerprint density at radius 3 is 2.48 bits per heavy atom. The zero-order chi connectivity index (χ0) is 15.5. The van der Waals surface area contributed by atoms with Crippen LogP contribution < -0.4 is 15.6 Å². The Labute approximate surface area is 121 Å². The fourth-order valence-electron chi connectivity index (χ4n) is 1.67. The standard InChI is InChI=1S/C13H13N3O4S/c1-14-13(18)10-4-2-3-5-11(10)16-21(19,20)9-6-7-12(17)15-8-9/h2-8,16H,1H3,(H,14,18)(H,15,17). The number of carbonyl (C=O) groups is 1. The number of benzene rings is 1. The molecule has 0 aliphatic rings. The van der Waals surface area contributed by atoms with E-state index >= 15 is 0 Å². The minimum Gasteiger partial charge on any atom is -0.355 e. The van der Waals surface area contributed by atoms with Crippen LogP contribution in [0.3, 0.4) is 0 Å². The highest BCUT2D eigenvalue weighted by Crippen LogP contribution is 2.19. The fraction of sp³-hybridized carbons (Fsp3) is 0.0769. The van der Waals surface area contributed by atoms with E-state index in [9.17, 15) is 18.0 Å². The van der Waals surface area contributed by atoms with Gasteiger partial charge in [0, 0.05) is 19.3 Å². The SMILES string of the molecule is CNC(=O)c1ccccc1NS(=O)(=O)c1ccc(=O)[nH]c1. The van der Waals surface area contributed by atoms with E-state index in [2.05, 4.69) is 15.0 Å². The highest BCUT2D eigenvalue weighted by Gasteiger charge is 2.18. The molecule has 0 aliphatic carbocycles. The zero-order valence-corrected chi connectivity index (χ0v) is 11.9. The summed E-state index contributed by atoms with van der Waals surface area (Å²) in [6.07, 6.45) is 1.09. The Morgan fingerprint density at radius 2 is 1.86 bits per heavy atom. The first-order chi connectivity index (χ1) is 9.94. The van der Waals surface area contributed by atoms with Crippen molar-refractivity contribution in [1.82, 2.24) is 10.3 Å². The number of sulfonamides is 1. The molecule has 1 aromatic heterocycles. The van der Waals surface area contributed by atoms with Gasteiger partial charge in [0.05, 0.1) is 11.3 Å². The zero-order valence-electron chi connectivity index (χ0n) is 11.1. The maximum Gasteiger partial charge on any atom is 0.263 e. The second-order valence-electron chi connectivity index (χ2n) is 4.12. The van der Waals surface area contributed by atoms with Crippen LogP contribution in [0.25, 0.3) is 0 Å². The van der Waals surface area contributed by atoms with Crippen LogP contribution in [0, 0.1) is 0 Å². The number of aromatic amines is 1. The first-order valence-electron chi connectivity index (χ1n) is 5.97. The molecule has 2 rings (SSSR count). The fourth-order valence-corrected chi connectivity index (χ4v) is 2.72. The average molecular weight is 307 g/mol. The van der Waals surface area contributed by atoms with Crippen LogP contribution in [0.5, 0.6) is 0 Å². The summed E-state index contributed by atoms with van der Waals surface area (Å²) < 4.78 is 26.7. The van der Waals surface area contributed by atoms with Crippen LogP contribution in [-0.2, 0) is 10.0 Å². The molecule has 8 heteroatoms. The quantitative estimate of drug-likeness (QED) is 0.766. The number of nitrogens with one attached hydrogen (secondary N) is 3. The van der Waals surface area contributed by atoms with E-state index < -0.39 is 21.5 Å². The van der Waals surface area contributed by atoms with Gasteiger partial charge in [-0.25, -0.2) is 8.42 Å². The van der Waals surface area contributed by atoms with Gasteiger partial charge < -0.3 is 10.3 Å². The van der Waals surface area contributed by atoms with E-state index in [4.69, 9.17) is 0 Å². The van der Waals surface area contributed by atoms with Gasteiger partial charge in [-0.1, -0.05) is 12.1 Å². The molecule has 2 aromatic rings. The number of hydrogen-bond donors (Lipinski definition) is 3. The van der Waals surface area contributed by atoms with Crippen molar-refractivity contribution < 1.29 is 13.2 Å². The highest BCUT2D eigenvalue weighted by molar-refractivity contribution is 7.92. The van der Waals surface area contributed by atoms with Crippen LogP contribution >= 0.6 is 0 Å². The monoisotopic (exact) mass is 307 g/mol. The Morgan fingerprint density at radius 1 is 1.14 bits per heavy atom. The third-order valence-electron chi connectivity index (χ3n) is 2.71. The van der Waals surface area contributed by atoms with Gasteiger partial charge in [-0.3, -0.25) is 14.3 Å². The number of carbonyl (C=O) groups excluding carboxylic acids is 1. The number of H-pyrrole nitrogens is 1. The summed E-state index contributed by atoms with van der Waals surface area (Å²) in [7, 11) is -2.44. The van der Waals surface area contributed by atoms with E-state index in [0.29, 0.717) is 0 Å². The van der Waals surface area contributed by atoms with Crippen molar-refractivity contribution in [3.05, 3.63) is 58.5 Å². The lowest BCUT2D eigenvalue weighted by atomic mass is 10.2. The van der Waals surface area contributed by atoms with E-state index in [0.717, 1.165) is 12.3 Å². The van der Waals surface area contributed by atoms with Crippen molar-refractivity contribution in [2.24, 2.45) is 0 Å². The molecule has 0 atom stereocenters. The van der Waals surface area contributed by atoms with Crippen LogP contribution in [0.4, 0.5) is 5.69 Å². The summed E-state index contributed by atoms with van der Waals surface area (Å²) in [6, 6.07) is 8.51. The topological polar surface area (TPSA) is 108 Å². The molecule has 0 aliphatic heterocycles. The molecule has 3 N–H and O–H groups in total. The number of hydrogen-bond acceptors (Lipinski definition) is 4. The summed E-state index contributed by atoms with van der Waals surface area (Å²) in [5, 5.41) is 2.43. The lowest BCUT2D eigenvalue weighted by molar-refractivity contribution is 0.0964. The predicted octanol–water partition coefficient (Wildman–Crippen LogP) is 0.535. The molecule has 0 saturated carbocycles. The van der Waals surface area contributed by atoms with Gasteiger partial charge in [-0.05, 0) is 18.2 Å². The summed E-state index contributed by atoms with van der Waals surface area (Å²) in [5.74, 6) is -0.408. The molecule has 1 amide bonds. The number of anilines is 1. The van der Waals surface area contributed by atoms with Gasteiger partial charge in [0.15, 0.2) is 0 Å². The Hall–Kier alpha value is -2.61. The van der Waals surface area contributed by atoms with Crippen LogP contribution in [0.2, 0.25) is 0 Å². The minimum atomic E-state index is -3.89. The highest BCUT2D eigenvalue weighted by atomic mass is 32.2. The normalized spacial score (nSPS) is 10.9. The molecule has 110 valence electrons. The van der Waals surface area contributed by atoms with Crippen molar-refractivity contribution in [2.75, 3.05) is 11.8 Å². The molecule has 0 bridgehead atoms. The van der Waals surface area contributed by atoms with Gasteiger partial charge in [0.2, 0.25) is 5.56 Å². The Bertz CT molecular complexity index is 807. The predicted molar refractivity (Wildman–Crippen MR) is 77.7 cm³/mol. The number of aromatic nitrogens is 1. The second kappa shape index (κ2) is 5.80. The molecule has 0 saturated heterocycles. The van der Waals surface area contributed by atoms with Crippen molar-refractivity contribution in [2.45, 2.75) is 4.90 Å². The molecular formula is C13H13N3O4S. The largest absolute Gasteiger partial charge is 0.355 e. The maximum absolute atomic E-state index is 12.2. The van der Waals surface area contributed by atoms with Gasteiger partial charge >= 0.3 is 0 Å². The first-order valence-corrected chi connectivity index (χ1v) is 7.45. The van der Waals surface area contributed by atoms with Crippen molar-refractivity contribution in [3.63, 3.8) is 0 Å². The van der Waals surface area contributed by atoms with Crippen molar-refractivity contribution >= 4 is 21.6 Å². The molecule has 0 radical (unpaired) electrons. The van der Waals surface area contributed by atoms with E-state index in [1.54, 1.807) is 12.1 Å². The van der Waals surface area contributed by atoms with E-state index in [1.165, 1.54) is 25.2 Å². The van der Waals surface area contributed by atoms with Crippen molar-refractivity contribution in [3.8, 4) is 0 Å². The Kier molecular flexibility index (Phi) is 4.08. The lowest BCUT2D eigenvalue weighted by Gasteiger charge is -2.11. The van der Waals surface area contributed by atoms with Gasteiger partial charge in [-0.15, -0.1) is 0 Å². The molecule has 1 heterocycles. The summed E-state index contributed by atoms with van der Waals surface area (Å²) in [4.78, 5) is 24.9.